The maximum atomic E-state index is 13.0. The van der Waals surface area contributed by atoms with E-state index < -0.39 is 37.3 Å². The molecule has 0 atom stereocenters. The van der Waals surface area contributed by atoms with Crippen LogP contribution in [-0.4, -0.2) is 18.4 Å². The van der Waals surface area contributed by atoms with Crippen LogP contribution in [0.15, 0.2) is 12.1 Å². The Balaban J connectivity index is 2.93. The van der Waals surface area contributed by atoms with Crippen molar-refractivity contribution in [3.8, 4) is 5.75 Å². The third-order valence-corrected chi connectivity index (χ3v) is 1.56. The van der Waals surface area contributed by atoms with E-state index in [0.717, 1.165) is 12.1 Å². The van der Waals surface area contributed by atoms with Gasteiger partial charge in [-0.15, -0.1) is 0 Å². The molecular formula is C9H9F3O2. The van der Waals surface area contributed by atoms with Gasteiger partial charge in [-0.05, 0) is 17.7 Å². The Morgan fingerprint density at radius 2 is 1.79 bits per heavy atom. The second-order valence-electron chi connectivity index (χ2n) is 2.58. The molecule has 0 heterocycles. The molecule has 0 aliphatic rings. The zero-order valence-corrected chi connectivity index (χ0v) is 7.27. The highest BCUT2D eigenvalue weighted by atomic mass is 19.1. The molecule has 0 bridgehead atoms. The summed E-state index contributed by atoms with van der Waals surface area (Å²) in [5.41, 5.74) is 0.104. The first-order chi connectivity index (χ1) is 6.69. The minimum absolute atomic E-state index is 0.104. The van der Waals surface area contributed by atoms with Gasteiger partial charge < -0.3 is 9.84 Å². The first kappa shape index (κ1) is 10.8. The SMILES string of the molecule is OCc1cc(F)c(OCCF)c(F)c1. The zero-order valence-electron chi connectivity index (χ0n) is 7.27. The van der Waals surface area contributed by atoms with Crippen LogP contribution in [0.3, 0.4) is 0 Å². The normalized spacial score (nSPS) is 10.3. The van der Waals surface area contributed by atoms with Crippen molar-refractivity contribution < 1.29 is 23.0 Å². The van der Waals surface area contributed by atoms with Crippen LogP contribution in [0.2, 0.25) is 0 Å². The van der Waals surface area contributed by atoms with Gasteiger partial charge >= 0.3 is 0 Å². The maximum Gasteiger partial charge on any atom is 0.190 e. The van der Waals surface area contributed by atoms with Gasteiger partial charge in [0.25, 0.3) is 0 Å². The number of benzene rings is 1. The van der Waals surface area contributed by atoms with Crippen molar-refractivity contribution in [3.63, 3.8) is 0 Å². The van der Waals surface area contributed by atoms with Crippen molar-refractivity contribution in [2.75, 3.05) is 13.3 Å². The zero-order chi connectivity index (χ0) is 10.6. The Morgan fingerprint density at radius 3 is 2.21 bits per heavy atom. The van der Waals surface area contributed by atoms with E-state index in [-0.39, 0.29) is 5.56 Å². The van der Waals surface area contributed by atoms with Gasteiger partial charge in [-0.1, -0.05) is 0 Å². The van der Waals surface area contributed by atoms with Gasteiger partial charge in [0.05, 0.1) is 6.61 Å². The summed E-state index contributed by atoms with van der Waals surface area (Å²) in [6.07, 6.45) is 0. The van der Waals surface area contributed by atoms with Crippen LogP contribution in [-0.2, 0) is 6.61 Å². The number of aliphatic hydroxyl groups excluding tert-OH is 1. The number of aliphatic hydroxyl groups is 1. The van der Waals surface area contributed by atoms with Crippen LogP contribution in [0, 0.1) is 11.6 Å². The number of hydrogen-bond donors (Lipinski definition) is 1. The van der Waals surface area contributed by atoms with Gasteiger partial charge in [-0.3, -0.25) is 0 Å². The molecule has 0 spiro atoms. The third kappa shape index (κ3) is 2.38. The molecule has 0 fully saturated rings. The lowest BCUT2D eigenvalue weighted by molar-refractivity contribution is 0.248. The van der Waals surface area contributed by atoms with E-state index in [1.165, 1.54) is 0 Å². The number of hydrogen-bond acceptors (Lipinski definition) is 2. The van der Waals surface area contributed by atoms with E-state index in [0.29, 0.717) is 0 Å². The Hall–Kier alpha value is -1.23. The van der Waals surface area contributed by atoms with Gasteiger partial charge in [-0.25, -0.2) is 13.2 Å². The summed E-state index contributed by atoms with van der Waals surface area (Å²) in [7, 11) is 0. The highest BCUT2D eigenvalue weighted by molar-refractivity contribution is 5.31. The average molecular weight is 206 g/mol. The van der Waals surface area contributed by atoms with Crippen LogP contribution >= 0.6 is 0 Å². The van der Waals surface area contributed by atoms with E-state index in [1.54, 1.807) is 0 Å². The number of rotatable bonds is 4. The van der Waals surface area contributed by atoms with E-state index in [4.69, 9.17) is 5.11 Å². The number of alkyl halides is 1. The molecule has 14 heavy (non-hydrogen) atoms. The van der Waals surface area contributed by atoms with Gasteiger partial charge in [0, 0.05) is 0 Å². The molecule has 0 unspecified atom stereocenters. The minimum Gasteiger partial charge on any atom is -0.485 e. The van der Waals surface area contributed by atoms with Gasteiger partial charge in [-0.2, -0.15) is 0 Å². The van der Waals surface area contributed by atoms with Crippen molar-refractivity contribution in [1.82, 2.24) is 0 Å². The molecule has 0 radical (unpaired) electrons. The molecule has 0 amide bonds. The number of ether oxygens (including phenoxy) is 1. The lowest BCUT2D eigenvalue weighted by Gasteiger charge is -2.07. The van der Waals surface area contributed by atoms with Gasteiger partial charge in [0.2, 0.25) is 0 Å². The van der Waals surface area contributed by atoms with E-state index >= 15 is 0 Å². The van der Waals surface area contributed by atoms with Crippen molar-refractivity contribution >= 4 is 0 Å². The van der Waals surface area contributed by atoms with Gasteiger partial charge in [0.15, 0.2) is 17.4 Å². The standard InChI is InChI=1S/C9H9F3O2/c10-1-2-14-9-7(11)3-6(5-13)4-8(9)12/h3-4,13H,1-2,5H2. The molecule has 0 aliphatic carbocycles. The third-order valence-electron chi connectivity index (χ3n) is 1.56. The number of halogens is 3. The van der Waals surface area contributed by atoms with Crippen LogP contribution in [0.1, 0.15) is 5.56 Å². The summed E-state index contributed by atoms with van der Waals surface area (Å²) in [6, 6.07) is 1.88. The summed E-state index contributed by atoms with van der Waals surface area (Å²) in [6.45, 7) is -1.68. The molecule has 1 N–H and O–H groups in total. The topological polar surface area (TPSA) is 29.5 Å². The monoisotopic (exact) mass is 206 g/mol. The molecule has 2 nitrogen and oxygen atoms in total. The van der Waals surface area contributed by atoms with Crippen LogP contribution in [0.4, 0.5) is 13.2 Å². The fourth-order valence-corrected chi connectivity index (χ4v) is 0.982. The van der Waals surface area contributed by atoms with E-state index in [2.05, 4.69) is 4.74 Å². The summed E-state index contributed by atoms with van der Waals surface area (Å²) in [4.78, 5) is 0. The van der Waals surface area contributed by atoms with E-state index in [9.17, 15) is 13.2 Å². The molecule has 1 rings (SSSR count). The molecule has 1 aromatic rings. The summed E-state index contributed by atoms with van der Waals surface area (Å²) in [5.74, 6) is -2.50. The van der Waals surface area contributed by atoms with Crippen molar-refractivity contribution in [3.05, 3.63) is 29.3 Å². The fraction of sp³-hybridized carbons (Fsp3) is 0.333. The van der Waals surface area contributed by atoms with Crippen molar-refractivity contribution in [2.45, 2.75) is 6.61 Å². The molecular weight excluding hydrogens is 197 g/mol. The summed E-state index contributed by atoms with van der Waals surface area (Å²) in [5, 5.41) is 8.62. The predicted octanol–water partition coefficient (Wildman–Crippen LogP) is 1.81. The van der Waals surface area contributed by atoms with Gasteiger partial charge in [0.1, 0.15) is 13.3 Å². The van der Waals surface area contributed by atoms with E-state index in [1.807, 2.05) is 0 Å². The predicted molar refractivity (Wildman–Crippen MR) is 43.8 cm³/mol. The molecule has 78 valence electrons. The van der Waals surface area contributed by atoms with Crippen LogP contribution < -0.4 is 4.74 Å². The second kappa shape index (κ2) is 4.85. The highest BCUT2D eigenvalue weighted by Crippen LogP contribution is 2.23. The molecule has 0 saturated carbocycles. The Kier molecular flexibility index (Phi) is 3.76. The van der Waals surface area contributed by atoms with Crippen molar-refractivity contribution in [1.29, 1.82) is 0 Å². The van der Waals surface area contributed by atoms with Crippen molar-refractivity contribution in [2.24, 2.45) is 0 Å². The van der Waals surface area contributed by atoms with Crippen LogP contribution in [0.25, 0.3) is 0 Å². The fourth-order valence-electron chi connectivity index (χ4n) is 0.982. The average Bonchev–Trinajstić information content (AvgIpc) is 2.16. The first-order valence-electron chi connectivity index (χ1n) is 3.96. The molecule has 5 heteroatoms. The Bertz CT molecular complexity index is 292. The molecule has 0 saturated heterocycles. The lowest BCUT2D eigenvalue weighted by atomic mass is 10.2. The quantitative estimate of drug-likeness (QED) is 0.814. The largest absolute Gasteiger partial charge is 0.485 e. The smallest absolute Gasteiger partial charge is 0.190 e. The Morgan fingerprint density at radius 1 is 1.21 bits per heavy atom. The molecule has 0 aliphatic heterocycles. The summed E-state index contributed by atoms with van der Waals surface area (Å²) >= 11 is 0. The maximum absolute atomic E-state index is 13.0. The molecule has 0 aromatic heterocycles. The Labute approximate surface area is 78.9 Å². The first-order valence-corrected chi connectivity index (χ1v) is 3.96. The summed E-state index contributed by atoms with van der Waals surface area (Å²) < 4.78 is 42.2. The second-order valence-corrected chi connectivity index (χ2v) is 2.58. The highest BCUT2D eigenvalue weighted by Gasteiger charge is 2.11. The van der Waals surface area contributed by atoms with Crippen LogP contribution in [0.5, 0.6) is 5.75 Å². The minimum atomic E-state index is -0.942. The lowest BCUT2D eigenvalue weighted by Crippen LogP contribution is -2.03. The molecule has 1 aromatic carbocycles.